The first-order chi connectivity index (χ1) is 11.6. The van der Waals surface area contributed by atoms with E-state index in [1.54, 1.807) is 0 Å². The highest BCUT2D eigenvalue weighted by Gasteiger charge is 2.22. The van der Waals surface area contributed by atoms with E-state index < -0.39 is 0 Å². The van der Waals surface area contributed by atoms with Gasteiger partial charge in [0, 0.05) is 17.8 Å². The monoisotopic (exact) mass is 327 g/mol. The normalized spacial score (nSPS) is 16.2. The molecule has 0 aliphatic heterocycles. The van der Waals surface area contributed by atoms with Gasteiger partial charge in [-0.05, 0) is 38.3 Å². The molecule has 3 rings (SSSR count). The van der Waals surface area contributed by atoms with Crippen molar-refractivity contribution >= 4 is 22.5 Å². The molecular formula is C19H25N3O2. The van der Waals surface area contributed by atoms with Gasteiger partial charge in [-0.3, -0.25) is 4.79 Å². The Hall–Kier alpha value is -2.17. The van der Waals surface area contributed by atoms with Crippen LogP contribution in [0.15, 0.2) is 28.4 Å². The molecule has 1 heterocycles. The first-order valence-electron chi connectivity index (χ1n) is 8.89. The van der Waals surface area contributed by atoms with Crippen LogP contribution < -0.4 is 0 Å². The highest BCUT2D eigenvalue weighted by molar-refractivity contribution is 5.95. The Labute approximate surface area is 142 Å². The van der Waals surface area contributed by atoms with Gasteiger partial charge in [-0.2, -0.15) is 0 Å². The second-order valence-corrected chi connectivity index (χ2v) is 6.72. The molecular weight excluding hydrogens is 302 g/mol. The molecule has 1 aromatic heterocycles. The summed E-state index contributed by atoms with van der Waals surface area (Å²) in [5.74, 6) is -0.0637. The molecule has 5 heteroatoms. The standard InChI is InChI=1S/C19H25N3O2/c1-3-11-22-16-10-9-13(2)12-15(16)17(19(22)24)20-21-18(23)14-7-5-4-6-8-14/h9-10,12,14,24H,3-8,11H2,1-2H3. The number of aryl methyl sites for hydroxylation is 2. The summed E-state index contributed by atoms with van der Waals surface area (Å²) in [7, 11) is 0. The number of rotatable bonds is 4. The lowest BCUT2D eigenvalue weighted by Gasteiger charge is -2.17. The smallest absolute Gasteiger partial charge is 0.267 e. The zero-order chi connectivity index (χ0) is 17.1. The predicted molar refractivity (Wildman–Crippen MR) is 94.7 cm³/mol. The predicted octanol–water partition coefficient (Wildman–Crippen LogP) is 5.26. The van der Waals surface area contributed by atoms with Gasteiger partial charge in [0.05, 0.1) is 5.52 Å². The SMILES string of the molecule is CCCn1c(O)c(N=NC(=O)C2CCCCC2)c2cc(C)ccc21. The van der Waals surface area contributed by atoms with Crippen molar-refractivity contribution in [2.24, 2.45) is 16.1 Å². The molecule has 0 spiro atoms. The molecule has 1 amide bonds. The lowest BCUT2D eigenvalue weighted by Crippen LogP contribution is -2.15. The molecule has 0 radical (unpaired) electrons. The Balaban J connectivity index is 1.95. The molecule has 1 aliphatic carbocycles. The minimum absolute atomic E-state index is 0.00429. The van der Waals surface area contributed by atoms with Crippen LogP contribution in [0.1, 0.15) is 51.0 Å². The maximum Gasteiger partial charge on any atom is 0.267 e. The quantitative estimate of drug-likeness (QED) is 0.779. The summed E-state index contributed by atoms with van der Waals surface area (Å²) in [6.07, 6.45) is 6.09. The maximum atomic E-state index is 12.3. The van der Waals surface area contributed by atoms with E-state index in [0.29, 0.717) is 12.2 Å². The summed E-state index contributed by atoms with van der Waals surface area (Å²) >= 11 is 0. The zero-order valence-corrected chi connectivity index (χ0v) is 14.5. The van der Waals surface area contributed by atoms with Crippen molar-refractivity contribution in [1.82, 2.24) is 4.57 Å². The van der Waals surface area contributed by atoms with E-state index in [1.165, 1.54) is 6.42 Å². The third kappa shape index (κ3) is 3.21. The molecule has 128 valence electrons. The van der Waals surface area contributed by atoms with Gasteiger partial charge >= 0.3 is 0 Å². The van der Waals surface area contributed by atoms with Crippen molar-refractivity contribution in [1.29, 1.82) is 0 Å². The Bertz CT molecular complexity index is 771. The number of nitrogens with zero attached hydrogens (tertiary/aromatic N) is 3. The molecule has 2 aromatic rings. The fraction of sp³-hybridized carbons (Fsp3) is 0.526. The first-order valence-corrected chi connectivity index (χ1v) is 8.89. The highest BCUT2D eigenvalue weighted by atomic mass is 16.3. The van der Waals surface area contributed by atoms with Crippen LogP contribution in [0.2, 0.25) is 0 Å². The minimum Gasteiger partial charge on any atom is -0.493 e. The number of aromatic nitrogens is 1. The molecule has 1 saturated carbocycles. The molecule has 1 N–H and O–H groups in total. The van der Waals surface area contributed by atoms with E-state index in [4.69, 9.17) is 0 Å². The fourth-order valence-electron chi connectivity index (χ4n) is 3.52. The second-order valence-electron chi connectivity index (χ2n) is 6.72. The van der Waals surface area contributed by atoms with Gasteiger partial charge in [-0.1, -0.05) is 37.8 Å². The molecule has 24 heavy (non-hydrogen) atoms. The molecule has 0 bridgehead atoms. The van der Waals surface area contributed by atoms with Crippen LogP contribution in [-0.4, -0.2) is 15.6 Å². The number of aromatic hydroxyl groups is 1. The minimum atomic E-state index is -0.154. The largest absolute Gasteiger partial charge is 0.493 e. The molecule has 0 unspecified atom stereocenters. The number of hydrogen-bond donors (Lipinski definition) is 1. The van der Waals surface area contributed by atoms with Crippen molar-refractivity contribution < 1.29 is 9.90 Å². The number of azo groups is 1. The van der Waals surface area contributed by atoms with E-state index in [1.807, 2.05) is 29.7 Å². The van der Waals surface area contributed by atoms with E-state index in [-0.39, 0.29) is 17.7 Å². The van der Waals surface area contributed by atoms with Crippen molar-refractivity contribution in [3.63, 3.8) is 0 Å². The highest BCUT2D eigenvalue weighted by Crippen LogP contribution is 2.39. The number of amides is 1. The summed E-state index contributed by atoms with van der Waals surface area (Å²) in [6, 6.07) is 5.99. The van der Waals surface area contributed by atoms with Gasteiger partial charge in [-0.15, -0.1) is 10.2 Å². The maximum absolute atomic E-state index is 12.3. The van der Waals surface area contributed by atoms with E-state index in [2.05, 4.69) is 17.2 Å². The van der Waals surface area contributed by atoms with Crippen LogP contribution in [0.25, 0.3) is 10.9 Å². The summed E-state index contributed by atoms with van der Waals surface area (Å²) in [6.45, 7) is 4.77. The summed E-state index contributed by atoms with van der Waals surface area (Å²) in [5, 5.41) is 19.5. The topological polar surface area (TPSA) is 66.9 Å². The first kappa shape index (κ1) is 16.7. The van der Waals surface area contributed by atoms with Gasteiger partial charge in [0.25, 0.3) is 5.91 Å². The average Bonchev–Trinajstić information content (AvgIpc) is 2.85. The number of carbonyl (C=O) groups is 1. The molecule has 1 aromatic carbocycles. The third-order valence-corrected chi connectivity index (χ3v) is 4.82. The van der Waals surface area contributed by atoms with Crippen molar-refractivity contribution in [3.8, 4) is 5.88 Å². The van der Waals surface area contributed by atoms with Crippen LogP contribution in [0.4, 0.5) is 5.69 Å². The summed E-state index contributed by atoms with van der Waals surface area (Å²) < 4.78 is 1.84. The number of carbonyl (C=O) groups excluding carboxylic acids is 1. The number of fused-ring (bicyclic) bond motifs is 1. The average molecular weight is 327 g/mol. The van der Waals surface area contributed by atoms with Crippen molar-refractivity contribution in [3.05, 3.63) is 23.8 Å². The molecule has 0 atom stereocenters. The number of hydrogen-bond acceptors (Lipinski definition) is 3. The van der Waals surface area contributed by atoms with Crippen LogP contribution >= 0.6 is 0 Å². The van der Waals surface area contributed by atoms with Gasteiger partial charge < -0.3 is 9.67 Å². The van der Waals surface area contributed by atoms with E-state index in [9.17, 15) is 9.90 Å². The Morgan fingerprint density at radius 1 is 1.29 bits per heavy atom. The van der Waals surface area contributed by atoms with E-state index in [0.717, 1.165) is 48.6 Å². The lowest BCUT2D eigenvalue weighted by atomic mass is 9.89. The third-order valence-electron chi connectivity index (χ3n) is 4.82. The molecule has 5 nitrogen and oxygen atoms in total. The van der Waals surface area contributed by atoms with Crippen LogP contribution in [-0.2, 0) is 11.3 Å². The molecule has 1 aliphatic rings. The zero-order valence-electron chi connectivity index (χ0n) is 14.5. The van der Waals surface area contributed by atoms with Crippen LogP contribution in [0.5, 0.6) is 5.88 Å². The van der Waals surface area contributed by atoms with Gasteiger partial charge in [-0.25, -0.2) is 0 Å². The Morgan fingerprint density at radius 2 is 2.04 bits per heavy atom. The second kappa shape index (κ2) is 7.16. The Kier molecular flexibility index (Phi) is 4.97. The summed E-state index contributed by atoms with van der Waals surface area (Å²) in [4.78, 5) is 12.3. The van der Waals surface area contributed by atoms with E-state index >= 15 is 0 Å². The van der Waals surface area contributed by atoms with Gasteiger partial charge in [0.1, 0.15) is 0 Å². The van der Waals surface area contributed by atoms with Crippen molar-refractivity contribution in [2.45, 2.75) is 58.9 Å². The molecule has 1 fully saturated rings. The lowest BCUT2D eigenvalue weighted by molar-refractivity contribution is -0.122. The Morgan fingerprint density at radius 3 is 2.75 bits per heavy atom. The van der Waals surface area contributed by atoms with Crippen LogP contribution in [0, 0.1) is 12.8 Å². The number of benzene rings is 1. The van der Waals surface area contributed by atoms with Crippen LogP contribution in [0.3, 0.4) is 0 Å². The van der Waals surface area contributed by atoms with Crippen molar-refractivity contribution in [2.75, 3.05) is 0 Å². The van der Waals surface area contributed by atoms with Gasteiger partial charge in [0.15, 0.2) is 5.69 Å². The molecule has 0 saturated heterocycles. The summed E-state index contributed by atoms with van der Waals surface area (Å²) in [5.41, 5.74) is 2.43. The fourth-order valence-corrected chi connectivity index (χ4v) is 3.52. The van der Waals surface area contributed by atoms with Gasteiger partial charge in [0.2, 0.25) is 5.88 Å².